The Balaban J connectivity index is 2.49. The molecular formula is C14H18O3. The van der Waals surface area contributed by atoms with Gasteiger partial charge in [0.2, 0.25) is 0 Å². The maximum absolute atomic E-state index is 11.5. The van der Waals surface area contributed by atoms with Crippen LogP contribution in [0.5, 0.6) is 0 Å². The predicted molar refractivity (Wildman–Crippen MR) is 67.3 cm³/mol. The summed E-state index contributed by atoms with van der Waals surface area (Å²) in [6.07, 6.45) is 0.564. The highest BCUT2D eigenvalue weighted by molar-refractivity contribution is 5.75. The summed E-state index contributed by atoms with van der Waals surface area (Å²) >= 11 is 0. The molecule has 1 N–H and O–H groups in total. The number of rotatable bonds is 6. The van der Waals surface area contributed by atoms with Gasteiger partial charge in [0.05, 0.1) is 12.5 Å². The molecule has 1 aromatic rings. The van der Waals surface area contributed by atoms with E-state index in [1.54, 1.807) is 6.92 Å². The maximum atomic E-state index is 11.5. The average Bonchev–Trinajstić information content (AvgIpc) is 2.36. The molecule has 0 heterocycles. The standard InChI is InChI=1S/C14H18O3/c1-11(13-6-4-3-5-7-13)10-12(2)14(16)17-9-8-15/h3-7,12,15H,1,8-10H2,2H3. The number of esters is 1. The minimum atomic E-state index is -0.295. The SMILES string of the molecule is C=C(CC(C)C(=O)OCCO)c1ccccc1. The molecule has 0 amide bonds. The van der Waals surface area contributed by atoms with E-state index < -0.39 is 0 Å². The molecular weight excluding hydrogens is 216 g/mol. The second-order valence-electron chi connectivity index (χ2n) is 3.97. The number of aliphatic hydroxyl groups excluding tert-OH is 1. The molecule has 0 saturated heterocycles. The van der Waals surface area contributed by atoms with Crippen LogP contribution in [-0.2, 0) is 9.53 Å². The second kappa shape index (κ2) is 6.86. The van der Waals surface area contributed by atoms with Crippen LogP contribution in [0, 0.1) is 5.92 Å². The monoisotopic (exact) mass is 234 g/mol. The van der Waals surface area contributed by atoms with Gasteiger partial charge in [0, 0.05) is 0 Å². The molecule has 1 rings (SSSR count). The van der Waals surface area contributed by atoms with Crippen molar-refractivity contribution in [2.24, 2.45) is 5.92 Å². The molecule has 17 heavy (non-hydrogen) atoms. The van der Waals surface area contributed by atoms with Crippen molar-refractivity contribution in [1.82, 2.24) is 0 Å². The summed E-state index contributed by atoms with van der Waals surface area (Å²) in [7, 11) is 0. The van der Waals surface area contributed by atoms with E-state index in [0.717, 1.165) is 11.1 Å². The summed E-state index contributed by atoms with van der Waals surface area (Å²) in [5.41, 5.74) is 1.95. The molecule has 0 aliphatic carbocycles. The molecule has 0 aromatic heterocycles. The highest BCUT2D eigenvalue weighted by Crippen LogP contribution is 2.21. The summed E-state index contributed by atoms with van der Waals surface area (Å²) in [5, 5.41) is 8.56. The van der Waals surface area contributed by atoms with Gasteiger partial charge in [-0.2, -0.15) is 0 Å². The number of hydrogen-bond donors (Lipinski definition) is 1. The average molecular weight is 234 g/mol. The third-order valence-electron chi connectivity index (χ3n) is 2.47. The molecule has 0 fully saturated rings. The van der Waals surface area contributed by atoms with Crippen LogP contribution in [0.15, 0.2) is 36.9 Å². The Morgan fingerprint density at radius 3 is 2.65 bits per heavy atom. The van der Waals surface area contributed by atoms with E-state index in [4.69, 9.17) is 9.84 Å². The number of ether oxygens (including phenoxy) is 1. The summed E-state index contributed by atoms with van der Waals surface area (Å²) in [6.45, 7) is 5.69. The lowest BCUT2D eigenvalue weighted by Gasteiger charge is -2.12. The van der Waals surface area contributed by atoms with Crippen LogP contribution >= 0.6 is 0 Å². The molecule has 1 aromatic carbocycles. The van der Waals surface area contributed by atoms with E-state index in [2.05, 4.69) is 6.58 Å². The van der Waals surface area contributed by atoms with E-state index >= 15 is 0 Å². The molecule has 0 saturated carbocycles. The first-order chi connectivity index (χ1) is 8.15. The third-order valence-corrected chi connectivity index (χ3v) is 2.47. The number of benzene rings is 1. The minimum absolute atomic E-state index is 0.0565. The molecule has 0 spiro atoms. The van der Waals surface area contributed by atoms with Crippen molar-refractivity contribution in [1.29, 1.82) is 0 Å². The van der Waals surface area contributed by atoms with Crippen LogP contribution in [0.4, 0.5) is 0 Å². The maximum Gasteiger partial charge on any atom is 0.309 e. The van der Waals surface area contributed by atoms with Crippen LogP contribution in [-0.4, -0.2) is 24.3 Å². The van der Waals surface area contributed by atoms with Crippen molar-refractivity contribution < 1.29 is 14.6 Å². The number of aliphatic hydroxyl groups is 1. The zero-order valence-corrected chi connectivity index (χ0v) is 10.1. The first-order valence-electron chi connectivity index (χ1n) is 5.66. The highest BCUT2D eigenvalue weighted by atomic mass is 16.5. The van der Waals surface area contributed by atoms with Gasteiger partial charge >= 0.3 is 5.97 Å². The third kappa shape index (κ3) is 4.41. The van der Waals surface area contributed by atoms with Gasteiger partial charge in [-0.05, 0) is 17.6 Å². The molecule has 1 unspecified atom stereocenters. The van der Waals surface area contributed by atoms with E-state index in [9.17, 15) is 4.79 Å². The van der Waals surface area contributed by atoms with Gasteiger partial charge in [-0.3, -0.25) is 4.79 Å². The highest BCUT2D eigenvalue weighted by Gasteiger charge is 2.15. The number of hydrogen-bond acceptors (Lipinski definition) is 3. The molecule has 92 valence electrons. The molecule has 1 atom stereocenters. The summed E-state index contributed by atoms with van der Waals surface area (Å²) in [5.74, 6) is -0.537. The van der Waals surface area contributed by atoms with Gasteiger partial charge in [0.1, 0.15) is 6.61 Å². The van der Waals surface area contributed by atoms with Gasteiger partial charge < -0.3 is 9.84 Å². The number of carbonyl (C=O) groups excluding carboxylic acids is 1. The Morgan fingerprint density at radius 2 is 2.06 bits per heavy atom. The van der Waals surface area contributed by atoms with Crippen LogP contribution in [0.25, 0.3) is 5.57 Å². The Kier molecular flexibility index (Phi) is 5.43. The first-order valence-corrected chi connectivity index (χ1v) is 5.66. The minimum Gasteiger partial charge on any atom is -0.463 e. The Morgan fingerprint density at radius 1 is 1.41 bits per heavy atom. The molecule has 0 aliphatic rings. The zero-order chi connectivity index (χ0) is 12.7. The molecule has 3 nitrogen and oxygen atoms in total. The van der Waals surface area contributed by atoms with Crippen molar-refractivity contribution in [3.63, 3.8) is 0 Å². The van der Waals surface area contributed by atoms with E-state index in [1.165, 1.54) is 0 Å². The van der Waals surface area contributed by atoms with E-state index in [1.807, 2.05) is 30.3 Å². The second-order valence-corrected chi connectivity index (χ2v) is 3.97. The smallest absolute Gasteiger partial charge is 0.309 e. The lowest BCUT2D eigenvalue weighted by Crippen LogP contribution is -2.17. The summed E-state index contributed by atoms with van der Waals surface area (Å²) in [6, 6.07) is 9.75. The summed E-state index contributed by atoms with van der Waals surface area (Å²) in [4.78, 5) is 11.5. The van der Waals surface area contributed by atoms with Gasteiger partial charge in [-0.25, -0.2) is 0 Å². The Labute approximate surface area is 102 Å². The van der Waals surface area contributed by atoms with Crippen LogP contribution < -0.4 is 0 Å². The van der Waals surface area contributed by atoms with Gasteiger partial charge in [0.25, 0.3) is 0 Å². The zero-order valence-electron chi connectivity index (χ0n) is 10.1. The van der Waals surface area contributed by atoms with Crippen LogP contribution in [0.3, 0.4) is 0 Å². The topological polar surface area (TPSA) is 46.5 Å². The van der Waals surface area contributed by atoms with Gasteiger partial charge in [0.15, 0.2) is 0 Å². The largest absolute Gasteiger partial charge is 0.463 e. The van der Waals surface area contributed by atoms with Crippen LogP contribution in [0.2, 0.25) is 0 Å². The lowest BCUT2D eigenvalue weighted by molar-refractivity contribution is -0.148. The van der Waals surface area contributed by atoms with Gasteiger partial charge in [-0.15, -0.1) is 0 Å². The van der Waals surface area contributed by atoms with Crippen molar-refractivity contribution >= 4 is 11.5 Å². The molecule has 0 radical (unpaired) electrons. The number of carbonyl (C=O) groups is 1. The van der Waals surface area contributed by atoms with Crippen LogP contribution in [0.1, 0.15) is 18.9 Å². The van der Waals surface area contributed by atoms with Crippen molar-refractivity contribution in [2.75, 3.05) is 13.2 Å². The van der Waals surface area contributed by atoms with E-state index in [0.29, 0.717) is 6.42 Å². The van der Waals surface area contributed by atoms with Crippen molar-refractivity contribution in [3.8, 4) is 0 Å². The summed E-state index contributed by atoms with van der Waals surface area (Å²) < 4.78 is 4.86. The van der Waals surface area contributed by atoms with Gasteiger partial charge in [-0.1, -0.05) is 43.8 Å². The lowest BCUT2D eigenvalue weighted by atomic mass is 9.97. The fourth-order valence-corrected chi connectivity index (χ4v) is 1.53. The fraction of sp³-hybridized carbons (Fsp3) is 0.357. The Hall–Kier alpha value is -1.61. The quantitative estimate of drug-likeness (QED) is 0.768. The predicted octanol–water partition coefficient (Wildman–Crippen LogP) is 2.26. The van der Waals surface area contributed by atoms with E-state index in [-0.39, 0.29) is 25.1 Å². The molecule has 0 bridgehead atoms. The number of allylic oxidation sites excluding steroid dienone is 1. The first kappa shape index (κ1) is 13.5. The Bertz CT molecular complexity index is 370. The molecule has 3 heteroatoms. The van der Waals surface area contributed by atoms with Crippen molar-refractivity contribution in [3.05, 3.63) is 42.5 Å². The molecule has 0 aliphatic heterocycles. The normalized spacial score (nSPS) is 11.9. The van der Waals surface area contributed by atoms with Crippen molar-refractivity contribution in [2.45, 2.75) is 13.3 Å². The fourth-order valence-electron chi connectivity index (χ4n) is 1.53.